The molecule has 0 saturated heterocycles. The molecule has 0 fully saturated rings. The predicted octanol–water partition coefficient (Wildman–Crippen LogP) is 0.696. The summed E-state index contributed by atoms with van der Waals surface area (Å²) in [6.45, 7) is 0.156. The molecule has 1 aromatic rings. The molecular formula is C10H15NO3. The first-order valence-electron chi connectivity index (χ1n) is 4.33. The van der Waals surface area contributed by atoms with E-state index in [0.29, 0.717) is 17.1 Å². The Hall–Kier alpha value is -1.26. The highest BCUT2D eigenvalue weighted by molar-refractivity contribution is 5.47. The van der Waals surface area contributed by atoms with Gasteiger partial charge in [0.15, 0.2) is 11.5 Å². The van der Waals surface area contributed by atoms with Gasteiger partial charge in [-0.1, -0.05) is 12.1 Å². The summed E-state index contributed by atoms with van der Waals surface area (Å²) >= 11 is 0. The normalized spacial score (nSPS) is 12.3. The van der Waals surface area contributed by atoms with Gasteiger partial charge in [-0.25, -0.2) is 0 Å². The molecule has 0 bridgehead atoms. The minimum atomic E-state index is -0.722. The van der Waals surface area contributed by atoms with Crippen LogP contribution >= 0.6 is 0 Å². The number of benzene rings is 1. The summed E-state index contributed by atoms with van der Waals surface area (Å²) in [7, 11) is 3.08. The van der Waals surface area contributed by atoms with E-state index in [1.165, 1.54) is 7.11 Å². The summed E-state index contributed by atoms with van der Waals surface area (Å²) in [6, 6.07) is 5.32. The quantitative estimate of drug-likeness (QED) is 0.745. The second kappa shape index (κ2) is 4.83. The zero-order valence-corrected chi connectivity index (χ0v) is 8.36. The van der Waals surface area contributed by atoms with Crippen molar-refractivity contribution < 1.29 is 14.6 Å². The molecule has 14 heavy (non-hydrogen) atoms. The Morgan fingerprint density at radius 2 is 2.07 bits per heavy atom. The lowest BCUT2D eigenvalue weighted by molar-refractivity contribution is 0.181. The summed E-state index contributed by atoms with van der Waals surface area (Å²) in [6.07, 6.45) is -0.722. The lowest BCUT2D eigenvalue weighted by Crippen LogP contribution is -2.12. The van der Waals surface area contributed by atoms with Crippen LogP contribution in [0.15, 0.2) is 18.2 Å². The lowest BCUT2D eigenvalue weighted by atomic mass is 10.1. The number of para-hydroxylation sites is 1. The summed E-state index contributed by atoms with van der Waals surface area (Å²) in [5.41, 5.74) is 6.02. The summed E-state index contributed by atoms with van der Waals surface area (Å²) in [4.78, 5) is 0. The van der Waals surface area contributed by atoms with Crippen molar-refractivity contribution >= 4 is 0 Å². The summed E-state index contributed by atoms with van der Waals surface area (Å²) < 4.78 is 10.2. The van der Waals surface area contributed by atoms with Crippen LogP contribution in [-0.4, -0.2) is 25.9 Å². The maximum absolute atomic E-state index is 9.60. The van der Waals surface area contributed by atoms with Gasteiger partial charge in [0.1, 0.15) is 0 Å². The molecule has 1 rings (SSSR count). The number of ether oxygens (including phenoxy) is 2. The fourth-order valence-corrected chi connectivity index (χ4v) is 1.30. The highest BCUT2D eigenvalue weighted by atomic mass is 16.5. The van der Waals surface area contributed by atoms with Crippen molar-refractivity contribution in [3.8, 4) is 11.5 Å². The largest absolute Gasteiger partial charge is 0.493 e. The zero-order chi connectivity index (χ0) is 10.6. The van der Waals surface area contributed by atoms with Crippen molar-refractivity contribution in [2.75, 3.05) is 20.8 Å². The van der Waals surface area contributed by atoms with Crippen molar-refractivity contribution in [1.82, 2.24) is 0 Å². The van der Waals surface area contributed by atoms with Gasteiger partial charge in [0.2, 0.25) is 0 Å². The van der Waals surface area contributed by atoms with Gasteiger partial charge in [0.25, 0.3) is 0 Å². The maximum atomic E-state index is 9.60. The average Bonchev–Trinajstić information content (AvgIpc) is 2.26. The molecule has 0 aliphatic heterocycles. The molecule has 0 radical (unpaired) electrons. The fourth-order valence-electron chi connectivity index (χ4n) is 1.30. The molecule has 0 spiro atoms. The fraction of sp³-hybridized carbons (Fsp3) is 0.400. The third-order valence-electron chi connectivity index (χ3n) is 2.02. The Balaban J connectivity index is 3.14. The second-order valence-electron chi connectivity index (χ2n) is 2.83. The minimum absolute atomic E-state index is 0.156. The van der Waals surface area contributed by atoms with Crippen LogP contribution in [0.3, 0.4) is 0 Å². The molecule has 3 N–H and O–H groups in total. The Bertz CT molecular complexity index is 301. The Morgan fingerprint density at radius 3 is 2.57 bits per heavy atom. The zero-order valence-electron chi connectivity index (χ0n) is 8.36. The van der Waals surface area contributed by atoms with E-state index in [9.17, 15) is 5.11 Å². The van der Waals surface area contributed by atoms with Crippen LogP contribution in [0.1, 0.15) is 11.7 Å². The van der Waals surface area contributed by atoms with E-state index in [2.05, 4.69) is 0 Å². The van der Waals surface area contributed by atoms with E-state index >= 15 is 0 Å². The number of nitrogens with two attached hydrogens (primary N) is 1. The lowest BCUT2D eigenvalue weighted by Gasteiger charge is -2.15. The topological polar surface area (TPSA) is 64.7 Å². The third-order valence-corrected chi connectivity index (χ3v) is 2.02. The standard InChI is InChI=1S/C10H15NO3/c1-13-9-5-3-4-7(8(12)6-11)10(9)14-2/h3-5,8,12H,6,11H2,1-2H3. The maximum Gasteiger partial charge on any atom is 0.166 e. The van der Waals surface area contributed by atoms with Crippen molar-refractivity contribution in [3.63, 3.8) is 0 Å². The van der Waals surface area contributed by atoms with Crippen molar-refractivity contribution in [2.24, 2.45) is 5.73 Å². The van der Waals surface area contributed by atoms with Crippen LogP contribution in [0, 0.1) is 0 Å². The molecule has 4 nitrogen and oxygen atoms in total. The molecule has 0 aromatic heterocycles. The molecule has 1 unspecified atom stereocenters. The van der Waals surface area contributed by atoms with Crippen LogP contribution in [-0.2, 0) is 0 Å². The molecule has 0 aliphatic carbocycles. The Kier molecular flexibility index (Phi) is 3.73. The molecule has 4 heteroatoms. The SMILES string of the molecule is COc1cccc(C(O)CN)c1OC. The van der Waals surface area contributed by atoms with Gasteiger partial charge in [-0.15, -0.1) is 0 Å². The van der Waals surface area contributed by atoms with E-state index in [4.69, 9.17) is 15.2 Å². The van der Waals surface area contributed by atoms with Gasteiger partial charge in [0, 0.05) is 12.1 Å². The Labute approximate surface area is 83.3 Å². The van der Waals surface area contributed by atoms with Crippen molar-refractivity contribution in [2.45, 2.75) is 6.10 Å². The molecule has 0 aliphatic rings. The first kappa shape index (κ1) is 10.8. The first-order chi connectivity index (χ1) is 6.74. The number of methoxy groups -OCH3 is 2. The highest BCUT2D eigenvalue weighted by Gasteiger charge is 2.15. The van der Waals surface area contributed by atoms with Gasteiger partial charge in [-0.05, 0) is 6.07 Å². The highest BCUT2D eigenvalue weighted by Crippen LogP contribution is 2.33. The average molecular weight is 197 g/mol. The number of hydrogen-bond acceptors (Lipinski definition) is 4. The van der Waals surface area contributed by atoms with Gasteiger partial charge in [-0.3, -0.25) is 0 Å². The van der Waals surface area contributed by atoms with Gasteiger partial charge < -0.3 is 20.3 Å². The minimum Gasteiger partial charge on any atom is -0.493 e. The summed E-state index contributed by atoms with van der Waals surface area (Å²) in [5, 5.41) is 9.60. The molecule has 1 aromatic carbocycles. The number of aliphatic hydroxyl groups is 1. The van der Waals surface area contributed by atoms with Gasteiger partial charge in [-0.2, -0.15) is 0 Å². The van der Waals surface area contributed by atoms with Crippen LogP contribution < -0.4 is 15.2 Å². The molecule has 0 heterocycles. The summed E-state index contributed by atoms with van der Waals surface area (Å²) in [5.74, 6) is 1.13. The van der Waals surface area contributed by atoms with E-state index in [-0.39, 0.29) is 6.54 Å². The Morgan fingerprint density at radius 1 is 1.36 bits per heavy atom. The van der Waals surface area contributed by atoms with Crippen molar-refractivity contribution in [1.29, 1.82) is 0 Å². The van der Waals surface area contributed by atoms with Crippen LogP contribution in [0.2, 0.25) is 0 Å². The van der Waals surface area contributed by atoms with E-state index in [1.54, 1.807) is 25.3 Å². The second-order valence-corrected chi connectivity index (χ2v) is 2.83. The van der Waals surface area contributed by atoms with Crippen LogP contribution in [0.4, 0.5) is 0 Å². The molecule has 0 saturated carbocycles. The number of aliphatic hydroxyl groups excluding tert-OH is 1. The molecule has 78 valence electrons. The van der Waals surface area contributed by atoms with E-state index in [0.717, 1.165) is 0 Å². The predicted molar refractivity (Wildman–Crippen MR) is 53.6 cm³/mol. The molecule has 1 atom stereocenters. The monoisotopic (exact) mass is 197 g/mol. The molecular weight excluding hydrogens is 182 g/mol. The van der Waals surface area contributed by atoms with Crippen LogP contribution in [0.5, 0.6) is 11.5 Å². The molecule has 0 amide bonds. The number of hydrogen-bond donors (Lipinski definition) is 2. The smallest absolute Gasteiger partial charge is 0.166 e. The van der Waals surface area contributed by atoms with Gasteiger partial charge in [0.05, 0.1) is 20.3 Å². The third kappa shape index (κ3) is 1.97. The van der Waals surface area contributed by atoms with Crippen molar-refractivity contribution in [3.05, 3.63) is 23.8 Å². The van der Waals surface area contributed by atoms with E-state index in [1.807, 2.05) is 0 Å². The van der Waals surface area contributed by atoms with Crippen LogP contribution in [0.25, 0.3) is 0 Å². The van der Waals surface area contributed by atoms with Gasteiger partial charge >= 0.3 is 0 Å². The first-order valence-corrected chi connectivity index (χ1v) is 4.33. The number of rotatable bonds is 4. The van der Waals surface area contributed by atoms with E-state index < -0.39 is 6.10 Å².